The Morgan fingerprint density at radius 1 is 1.33 bits per heavy atom. The van der Waals surface area contributed by atoms with Gasteiger partial charge in [-0.25, -0.2) is 4.79 Å². The molecule has 2 fully saturated rings. The first-order valence-corrected chi connectivity index (χ1v) is 8.60. The van der Waals surface area contributed by atoms with E-state index in [1.807, 2.05) is 27.8 Å². The Kier molecular flexibility index (Phi) is 7.19. The third-order valence-electron chi connectivity index (χ3n) is 4.70. The summed E-state index contributed by atoms with van der Waals surface area (Å²) in [5, 5.41) is 0. The quantitative estimate of drug-likeness (QED) is 0.406. The summed E-state index contributed by atoms with van der Waals surface area (Å²) in [5.41, 5.74) is 5.73. The number of likely N-dealkylation sites (tertiary alicyclic amines) is 1. The summed E-state index contributed by atoms with van der Waals surface area (Å²) in [4.78, 5) is 20.6. The second-order valence-electron chi connectivity index (χ2n) is 8.29. The van der Waals surface area contributed by atoms with E-state index in [9.17, 15) is 4.79 Å². The third kappa shape index (κ3) is 6.29. The number of nitrogens with two attached hydrogens (primary N) is 1. The van der Waals surface area contributed by atoms with Gasteiger partial charge < -0.3 is 20.3 Å². The lowest BCUT2D eigenvalue weighted by atomic mass is 9.80. The number of carbonyl (C=O) groups is 1. The molecular weight excluding hydrogens is 419 g/mol. The van der Waals surface area contributed by atoms with Crippen LogP contribution in [0.2, 0.25) is 0 Å². The third-order valence-corrected chi connectivity index (χ3v) is 4.70. The number of nitrogens with zero attached hydrogens (tertiary/aromatic N) is 3. The number of aliphatic imine (C=N–C) groups is 1. The molecule has 6 nitrogen and oxygen atoms in total. The first-order chi connectivity index (χ1) is 10.6. The van der Waals surface area contributed by atoms with Gasteiger partial charge in [-0.15, -0.1) is 24.0 Å². The fourth-order valence-electron chi connectivity index (χ4n) is 2.75. The topological polar surface area (TPSA) is 71.2 Å². The number of carbonyl (C=O) groups excluding carboxylic acids is 1. The number of amides is 1. The van der Waals surface area contributed by atoms with E-state index in [0.29, 0.717) is 12.0 Å². The van der Waals surface area contributed by atoms with E-state index < -0.39 is 5.60 Å². The van der Waals surface area contributed by atoms with Crippen LogP contribution in [-0.4, -0.2) is 60.2 Å². The molecule has 2 N–H and O–H groups in total. The van der Waals surface area contributed by atoms with Crippen LogP contribution in [0, 0.1) is 5.41 Å². The van der Waals surface area contributed by atoms with Crippen LogP contribution in [0.1, 0.15) is 53.4 Å². The van der Waals surface area contributed by atoms with Gasteiger partial charge in [-0.1, -0.05) is 6.92 Å². The van der Waals surface area contributed by atoms with Crippen LogP contribution in [0.25, 0.3) is 0 Å². The zero-order valence-electron chi connectivity index (χ0n) is 15.7. The van der Waals surface area contributed by atoms with Crippen LogP contribution in [0.4, 0.5) is 4.79 Å². The van der Waals surface area contributed by atoms with Crippen molar-refractivity contribution in [3.8, 4) is 0 Å². The molecule has 0 bridgehead atoms. The van der Waals surface area contributed by atoms with Crippen molar-refractivity contribution in [2.45, 2.75) is 65.0 Å². The number of hydrogen-bond acceptors (Lipinski definition) is 3. The Balaban J connectivity index is 0.00000288. The lowest BCUT2D eigenvalue weighted by Crippen LogP contribution is -2.45. The molecule has 1 aliphatic heterocycles. The summed E-state index contributed by atoms with van der Waals surface area (Å²) in [5.74, 6) is 0.642. The molecule has 0 aromatic heterocycles. The SMILES string of the molecule is CN(C(N)=NCC1(C)CCN(C(=O)OC(C)(C)C)CC1)C1CC1.I. The molecule has 0 aromatic rings. The van der Waals surface area contributed by atoms with Crippen molar-refractivity contribution < 1.29 is 9.53 Å². The molecule has 2 aliphatic rings. The van der Waals surface area contributed by atoms with Gasteiger partial charge >= 0.3 is 6.09 Å². The Bertz CT molecular complexity index is 464. The summed E-state index contributed by atoms with van der Waals surface area (Å²) < 4.78 is 5.44. The van der Waals surface area contributed by atoms with Crippen molar-refractivity contribution in [3.05, 3.63) is 0 Å². The smallest absolute Gasteiger partial charge is 0.410 e. The molecule has 2 rings (SSSR count). The van der Waals surface area contributed by atoms with E-state index in [4.69, 9.17) is 10.5 Å². The van der Waals surface area contributed by atoms with Gasteiger partial charge in [0.05, 0.1) is 0 Å². The minimum Gasteiger partial charge on any atom is -0.444 e. The molecule has 1 saturated carbocycles. The van der Waals surface area contributed by atoms with Crippen LogP contribution in [0.15, 0.2) is 4.99 Å². The summed E-state index contributed by atoms with van der Waals surface area (Å²) in [7, 11) is 2.02. The highest BCUT2D eigenvalue weighted by Gasteiger charge is 2.34. The predicted molar refractivity (Wildman–Crippen MR) is 108 cm³/mol. The average Bonchev–Trinajstić information content (AvgIpc) is 3.27. The predicted octanol–water partition coefficient (Wildman–Crippen LogP) is 3.05. The van der Waals surface area contributed by atoms with Crippen molar-refractivity contribution in [2.75, 3.05) is 26.7 Å². The Labute approximate surface area is 163 Å². The molecule has 0 atom stereocenters. The summed E-state index contributed by atoms with van der Waals surface area (Å²) in [6.45, 7) is 10.1. The minimum atomic E-state index is -0.441. The van der Waals surface area contributed by atoms with E-state index in [1.165, 1.54) is 12.8 Å². The Hall–Kier alpha value is -0.730. The summed E-state index contributed by atoms with van der Waals surface area (Å²) in [6, 6.07) is 0.584. The highest BCUT2D eigenvalue weighted by Crippen LogP contribution is 2.32. The van der Waals surface area contributed by atoms with Crippen LogP contribution in [0.5, 0.6) is 0 Å². The highest BCUT2D eigenvalue weighted by molar-refractivity contribution is 14.0. The number of rotatable bonds is 3. The summed E-state index contributed by atoms with van der Waals surface area (Å²) in [6.07, 6.45) is 4.08. The standard InChI is InChI=1S/C17H32N4O2.HI/c1-16(2,3)23-15(22)21-10-8-17(4,9-11-21)12-19-14(18)20(5)13-6-7-13;/h13H,6-12H2,1-5H3,(H2,18,19);1H. The monoisotopic (exact) mass is 452 g/mol. The number of guanidine groups is 1. The molecule has 24 heavy (non-hydrogen) atoms. The number of piperidine rings is 1. The van der Waals surface area contributed by atoms with Gasteiger partial charge in [-0.3, -0.25) is 4.99 Å². The molecule has 0 radical (unpaired) electrons. The fraction of sp³-hybridized carbons (Fsp3) is 0.882. The van der Waals surface area contributed by atoms with E-state index in [2.05, 4.69) is 16.8 Å². The van der Waals surface area contributed by atoms with Gasteiger partial charge in [0.2, 0.25) is 0 Å². The first-order valence-electron chi connectivity index (χ1n) is 8.60. The van der Waals surface area contributed by atoms with Crippen LogP contribution in [-0.2, 0) is 4.74 Å². The largest absolute Gasteiger partial charge is 0.444 e. The first kappa shape index (κ1) is 21.3. The van der Waals surface area contributed by atoms with Crippen molar-refractivity contribution >= 4 is 36.0 Å². The summed E-state index contributed by atoms with van der Waals surface area (Å²) >= 11 is 0. The van der Waals surface area contributed by atoms with E-state index in [-0.39, 0.29) is 35.5 Å². The number of halogens is 1. The van der Waals surface area contributed by atoms with Crippen LogP contribution in [0.3, 0.4) is 0 Å². The van der Waals surface area contributed by atoms with Gasteiger partial charge in [-0.05, 0) is 51.9 Å². The maximum atomic E-state index is 12.1. The second-order valence-corrected chi connectivity index (χ2v) is 8.29. The van der Waals surface area contributed by atoms with Gasteiger partial charge in [-0.2, -0.15) is 0 Å². The second kappa shape index (κ2) is 8.10. The van der Waals surface area contributed by atoms with Gasteiger partial charge in [0, 0.05) is 32.7 Å². The zero-order valence-corrected chi connectivity index (χ0v) is 18.0. The molecule has 0 spiro atoms. The lowest BCUT2D eigenvalue weighted by Gasteiger charge is -2.39. The lowest BCUT2D eigenvalue weighted by molar-refractivity contribution is 0.0127. The Morgan fingerprint density at radius 2 is 1.88 bits per heavy atom. The van der Waals surface area contributed by atoms with Crippen LogP contribution < -0.4 is 5.73 Å². The molecule has 0 unspecified atom stereocenters. The Morgan fingerprint density at radius 3 is 2.33 bits per heavy atom. The molecule has 0 aromatic carbocycles. The van der Waals surface area contributed by atoms with Crippen molar-refractivity contribution in [1.82, 2.24) is 9.80 Å². The van der Waals surface area contributed by atoms with Crippen molar-refractivity contribution in [3.63, 3.8) is 0 Å². The van der Waals surface area contributed by atoms with Gasteiger partial charge in [0.25, 0.3) is 0 Å². The van der Waals surface area contributed by atoms with Gasteiger partial charge in [0.15, 0.2) is 5.96 Å². The van der Waals surface area contributed by atoms with Crippen molar-refractivity contribution in [2.24, 2.45) is 16.1 Å². The number of ether oxygens (including phenoxy) is 1. The highest BCUT2D eigenvalue weighted by atomic mass is 127. The normalized spacial score (nSPS) is 21.0. The molecular formula is C17H33IN4O2. The number of hydrogen-bond donors (Lipinski definition) is 1. The molecule has 1 heterocycles. The maximum Gasteiger partial charge on any atom is 0.410 e. The van der Waals surface area contributed by atoms with E-state index >= 15 is 0 Å². The van der Waals surface area contributed by atoms with E-state index in [0.717, 1.165) is 32.5 Å². The van der Waals surface area contributed by atoms with Crippen LogP contribution >= 0.6 is 24.0 Å². The van der Waals surface area contributed by atoms with Gasteiger partial charge in [0.1, 0.15) is 5.60 Å². The minimum absolute atomic E-state index is 0. The molecule has 1 saturated heterocycles. The molecule has 7 heteroatoms. The molecule has 1 aliphatic carbocycles. The van der Waals surface area contributed by atoms with Crippen molar-refractivity contribution in [1.29, 1.82) is 0 Å². The maximum absolute atomic E-state index is 12.1. The van der Waals surface area contributed by atoms with E-state index in [1.54, 1.807) is 4.90 Å². The molecule has 140 valence electrons. The zero-order chi connectivity index (χ0) is 17.3. The molecule has 1 amide bonds. The average molecular weight is 452 g/mol. The fourth-order valence-corrected chi connectivity index (χ4v) is 2.75.